The Morgan fingerprint density at radius 1 is 1.35 bits per heavy atom. The number of nitrogens with zero attached hydrogens (tertiary/aromatic N) is 1. The molecule has 102 valence electrons. The summed E-state index contributed by atoms with van der Waals surface area (Å²) in [6, 6.07) is 0.257. The van der Waals surface area contributed by atoms with Crippen LogP contribution < -0.4 is 5.32 Å². The van der Waals surface area contributed by atoms with E-state index in [2.05, 4.69) is 12.2 Å². The first kappa shape index (κ1) is 14.8. The number of nitrogens with one attached hydrogen (secondary N) is 1. The Balaban J connectivity index is 2.47. The van der Waals surface area contributed by atoms with Crippen molar-refractivity contribution in [3.63, 3.8) is 0 Å². The summed E-state index contributed by atoms with van der Waals surface area (Å²) in [4.78, 5) is 2.00. The maximum absolute atomic E-state index is 12.6. The summed E-state index contributed by atoms with van der Waals surface area (Å²) in [7, 11) is 0. The highest BCUT2D eigenvalue weighted by Crippen LogP contribution is 2.34. The van der Waals surface area contributed by atoms with Crippen molar-refractivity contribution >= 4 is 0 Å². The van der Waals surface area contributed by atoms with Crippen LogP contribution in [-0.2, 0) is 0 Å². The molecule has 2 atom stereocenters. The Hall–Kier alpha value is -0.290. The lowest BCUT2D eigenvalue weighted by molar-refractivity contribution is -0.170. The Labute approximate surface area is 102 Å². The molecule has 0 aromatic heterocycles. The number of hydrogen-bond donors (Lipinski definition) is 1. The first-order valence-corrected chi connectivity index (χ1v) is 6.50. The second kappa shape index (κ2) is 6.59. The van der Waals surface area contributed by atoms with Crippen LogP contribution in [0.15, 0.2) is 0 Å². The van der Waals surface area contributed by atoms with E-state index in [9.17, 15) is 13.2 Å². The zero-order chi connectivity index (χ0) is 12.9. The molecule has 1 saturated heterocycles. The predicted molar refractivity (Wildman–Crippen MR) is 63.0 cm³/mol. The third kappa shape index (κ3) is 4.47. The van der Waals surface area contributed by atoms with E-state index in [-0.39, 0.29) is 19.0 Å². The topological polar surface area (TPSA) is 15.3 Å². The molecular weight excluding hydrogens is 229 g/mol. The van der Waals surface area contributed by atoms with Gasteiger partial charge >= 0.3 is 6.18 Å². The van der Waals surface area contributed by atoms with Crippen LogP contribution in [0.4, 0.5) is 13.2 Å². The van der Waals surface area contributed by atoms with Gasteiger partial charge in [-0.1, -0.05) is 20.3 Å². The highest BCUT2D eigenvalue weighted by molar-refractivity contribution is 4.85. The largest absolute Gasteiger partial charge is 0.393 e. The molecule has 0 aromatic rings. The summed E-state index contributed by atoms with van der Waals surface area (Å²) in [5.74, 6) is -1.12. The SMILES string of the molecule is CCCC(CNCC)N1CCC(C(F)(F)F)C1. The Morgan fingerprint density at radius 2 is 2.06 bits per heavy atom. The van der Waals surface area contributed by atoms with E-state index in [0.717, 1.165) is 25.9 Å². The molecule has 0 amide bonds. The van der Waals surface area contributed by atoms with E-state index < -0.39 is 12.1 Å². The monoisotopic (exact) mass is 252 g/mol. The van der Waals surface area contributed by atoms with Crippen LogP contribution in [0.5, 0.6) is 0 Å². The Morgan fingerprint density at radius 3 is 2.53 bits per heavy atom. The molecule has 1 N–H and O–H groups in total. The second-order valence-corrected chi connectivity index (χ2v) is 4.77. The van der Waals surface area contributed by atoms with Gasteiger partial charge in [-0.05, 0) is 25.9 Å². The third-order valence-corrected chi connectivity index (χ3v) is 3.45. The van der Waals surface area contributed by atoms with Gasteiger partial charge in [-0.3, -0.25) is 4.90 Å². The molecular formula is C12H23F3N2. The lowest BCUT2D eigenvalue weighted by Crippen LogP contribution is -2.42. The molecule has 0 aromatic carbocycles. The van der Waals surface area contributed by atoms with Gasteiger partial charge in [0.1, 0.15) is 0 Å². The lowest BCUT2D eigenvalue weighted by Gasteiger charge is -2.28. The number of alkyl halides is 3. The van der Waals surface area contributed by atoms with E-state index in [1.807, 2.05) is 11.8 Å². The molecule has 5 heteroatoms. The third-order valence-electron chi connectivity index (χ3n) is 3.45. The maximum Gasteiger partial charge on any atom is 0.393 e. The molecule has 1 aliphatic heterocycles. The van der Waals surface area contributed by atoms with E-state index in [0.29, 0.717) is 6.54 Å². The van der Waals surface area contributed by atoms with Gasteiger partial charge in [0.2, 0.25) is 0 Å². The van der Waals surface area contributed by atoms with Gasteiger partial charge in [0.15, 0.2) is 0 Å². The van der Waals surface area contributed by atoms with Crippen molar-refractivity contribution in [2.45, 2.75) is 45.3 Å². The quantitative estimate of drug-likeness (QED) is 0.782. The molecule has 2 unspecified atom stereocenters. The average Bonchev–Trinajstić information content (AvgIpc) is 2.72. The molecule has 17 heavy (non-hydrogen) atoms. The highest BCUT2D eigenvalue weighted by Gasteiger charge is 2.44. The van der Waals surface area contributed by atoms with Crippen LogP contribution in [0.25, 0.3) is 0 Å². The van der Waals surface area contributed by atoms with E-state index >= 15 is 0 Å². The Bertz CT molecular complexity index is 218. The fraction of sp³-hybridized carbons (Fsp3) is 1.00. The molecule has 0 radical (unpaired) electrons. The molecule has 1 heterocycles. The van der Waals surface area contributed by atoms with Crippen LogP contribution in [0.2, 0.25) is 0 Å². The first-order chi connectivity index (χ1) is 7.99. The minimum absolute atomic E-state index is 0.180. The fourth-order valence-corrected chi connectivity index (χ4v) is 2.44. The van der Waals surface area contributed by atoms with Crippen molar-refractivity contribution in [3.05, 3.63) is 0 Å². The molecule has 0 saturated carbocycles. The molecule has 0 aliphatic carbocycles. The summed E-state index contributed by atoms with van der Waals surface area (Å²) < 4.78 is 37.8. The predicted octanol–water partition coefficient (Wildman–Crippen LogP) is 2.65. The van der Waals surface area contributed by atoms with E-state index in [4.69, 9.17) is 0 Å². The zero-order valence-corrected chi connectivity index (χ0v) is 10.7. The first-order valence-electron chi connectivity index (χ1n) is 6.50. The normalized spacial score (nSPS) is 24.2. The van der Waals surface area contributed by atoms with E-state index in [1.54, 1.807) is 0 Å². The van der Waals surface area contributed by atoms with Crippen molar-refractivity contribution in [1.29, 1.82) is 0 Å². The van der Waals surface area contributed by atoms with Gasteiger partial charge in [0.05, 0.1) is 5.92 Å². The molecule has 2 nitrogen and oxygen atoms in total. The van der Waals surface area contributed by atoms with Crippen molar-refractivity contribution in [2.24, 2.45) is 5.92 Å². The maximum atomic E-state index is 12.6. The van der Waals surface area contributed by atoms with Gasteiger partial charge in [-0.25, -0.2) is 0 Å². The smallest absolute Gasteiger partial charge is 0.315 e. The molecule has 0 spiro atoms. The van der Waals surface area contributed by atoms with Crippen LogP contribution >= 0.6 is 0 Å². The number of hydrogen-bond acceptors (Lipinski definition) is 2. The summed E-state index contributed by atoms with van der Waals surface area (Å²) in [6.07, 6.45) is -1.78. The molecule has 1 fully saturated rings. The van der Waals surface area contributed by atoms with Crippen molar-refractivity contribution in [1.82, 2.24) is 10.2 Å². The minimum Gasteiger partial charge on any atom is -0.315 e. The number of halogens is 3. The van der Waals surface area contributed by atoms with Crippen LogP contribution in [-0.4, -0.2) is 43.3 Å². The number of likely N-dealkylation sites (tertiary alicyclic amines) is 1. The standard InChI is InChI=1S/C12H23F3N2/c1-3-5-11(8-16-4-2)17-7-6-10(9-17)12(13,14)15/h10-11,16H,3-9H2,1-2H3. The minimum atomic E-state index is -4.02. The van der Waals surface area contributed by atoms with Gasteiger partial charge in [-0.2, -0.15) is 13.2 Å². The van der Waals surface area contributed by atoms with Crippen molar-refractivity contribution in [3.8, 4) is 0 Å². The van der Waals surface area contributed by atoms with Crippen LogP contribution in [0.1, 0.15) is 33.1 Å². The van der Waals surface area contributed by atoms with Crippen LogP contribution in [0.3, 0.4) is 0 Å². The molecule has 0 bridgehead atoms. The van der Waals surface area contributed by atoms with E-state index in [1.165, 1.54) is 0 Å². The fourth-order valence-electron chi connectivity index (χ4n) is 2.44. The summed E-state index contributed by atoms with van der Waals surface area (Å²) in [5, 5.41) is 3.24. The Kier molecular flexibility index (Phi) is 5.73. The highest BCUT2D eigenvalue weighted by atomic mass is 19.4. The van der Waals surface area contributed by atoms with Gasteiger partial charge in [0, 0.05) is 19.1 Å². The number of likely N-dealkylation sites (N-methyl/N-ethyl adjacent to an activating group) is 1. The van der Waals surface area contributed by atoms with Crippen molar-refractivity contribution < 1.29 is 13.2 Å². The van der Waals surface area contributed by atoms with Gasteiger partial charge in [-0.15, -0.1) is 0 Å². The summed E-state index contributed by atoms with van der Waals surface area (Å²) in [6.45, 7) is 6.53. The molecule has 1 aliphatic rings. The van der Waals surface area contributed by atoms with Crippen LogP contribution in [0, 0.1) is 5.92 Å². The average molecular weight is 252 g/mol. The number of rotatable bonds is 6. The second-order valence-electron chi connectivity index (χ2n) is 4.77. The zero-order valence-electron chi connectivity index (χ0n) is 10.7. The lowest BCUT2D eigenvalue weighted by atomic mass is 10.1. The molecule has 1 rings (SSSR count). The summed E-state index contributed by atoms with van der Waals surface area (Å²) >= 11 is 0. The van der Waals surface area contributed by atoms with Gasteiger partial charge < -0.3 is 5.32 Å². The summed E-state index contributed by atoms with van der Waals surface area (Å²) in [5.41, 5.74) is 0. The van der Waals surface area contributed by atoms with Crippen molar-refractivity contribution in [2.75, 3.05) is 26.2 Å². The van der Waals surface area contributed by atoms with Gasteiger partial charge in [0.25, 0.3) is 0 Å².